The molecule has 8 heteroatoms. The molecule has 2 aromatic rings. The van der Waals surface area contributed by atoms with Crippen LogP contribution in [-0.4, -0.2) is 39.8 Å². The van der Waals surface area contributed by atoms with Gasteiger partial charge in [-0.25, -0.2) is 8.42 Å². The molecule has 1 aliphatic rings. The van der Waals surface area contributed by atoms with E-state index < -0.39 is 16.1 Å². The summed E-state index contributed by atoms with van der Waals surface area (Å²) < 4.78 is 37.0. The lowest BCUT2D eigenvalue weighted by molar-refractivity contribution is -0.122. The summed E-state index contributed by atoms with van der Waals surface area (Å²) in [6.45, 7) is 4.70. The Bertz CT molecular complexity index is 957. The molecular formula is C20H24N2O5S. The molecule has 150 valence electrons. The minimum absolute atomic E-state index is 0.322. The molecule has 1 N–H and O–H groups in total. The normalized spacial score (nSPS) is 14.2. The number of benzene rings is 2. The first-order valence-corrected chi connectivity index (χ1v) is 10.8. The largest absolute Gasteiger partial charge is 0.486 e. The van der Waals surface area contributed by atoms with Crippen LogP contribution in [0.3, 0.4) is 0 Å². The first kappa shape index (κ1) is 20.0. The van der Waals surface area contributed by atoms with Crippen molar-refractivity contribution in [3.05, 3.63) is 53.6 Å². The van der Waals surface area contributed by atoms with E-state index in [0.717, 1.165) is 21.7 Å². The molecule has 3 rings (SSSR count). The number of aryl methyl sites for hydroxylation is 1. The highest BCUT2D eigenvalue weighted by atomic mass is 32.2. The van der Waals surface area contributed by atoms with Crippen LogP contribution in [0.15, 0.2) is 42.5 Å². The number of sulfonamides is 1. The monoisotopic (exact) mass is 404 g/mol. The van der Waals surface area contributed by atoms with Gasteiger partial charge in [0, 0.05) is 12.6 Å². The van der Waals surface area contributed by atoms with Crippen molar-refractivity contribution in [1.29, 1.82) is 0 Å². The van der Waals surface area contributed by atoms with Gasteiger partial charge in [-0.1, -0.05) is 29.8 Å². The number of fused-ring (bicyclic) bond motifs is 1. The predicted octanol–water partition coefficient (Wildman–Crippen LogP) is 2.24. The van der Waals surface area contributed by atoms with Gasteiger partial charge in [0.2, 0.25) is 15.9 Å². The summed E-state index contributed by atoms with van der Waals surface area (Å²) in [5.74, 6) is 0.630. The maximum Gasteiger partial charge on any atom is 0.243 e. The van der Waals surface area contributed by atoms with Gasteiger partial charge in [-0.2, -0.15) is 0 Å². The van der Waals surface area contributed by atoms with Crippen molar-refractivity contribution in [2.75, 3.05) is 23.8 Å². The Balaban J connectivity index is 1.79. The number of anilines is 1. The van der Waals surface area contributed by atoms with Gasteiger partial charge in [-0.05, 0) is 31.5 Å². The van der Waals surface area contributed by atoms with E-state index in [0.29, 0.717) is 36.9 Å². The predicted molar refractivity (Wildman–Crippen MR) is 107 cm³/mol. The van der Waals surface area contributed by atoms with Crippen LogP contribution in [0, 0.1) is 6.92 Å². The molecule has 0 saturated carbocycles. The van der Waals surface area contributed by atoms with E-state index in [9.17, 15) is 13.2 Å². The molecule has 0 fully saturated rings. The van der Waals surface area contributed by atoms with E-state index in [2.05, 4.69) is 5.32 Å². The molecule has 7 nitrogen and oxygen atoms in total. The zero-order valence-corrected chi connectivity index (χ0v) is 17.0. The number of carbonyl (C=O) groups excluding carboxylic acids is 1. The molecule has 0 aliphatic carbocycles. The van der Waals surface area contributed by atoms with Crippen LogP contribution in [-0.2, 0) is 21.4 Å². The molecule has 1 heterocycles. The van der Waals surface area contributed by atoms with E-state index in [1.165, 1.54) is 0 Å². The van der Waals surface area contributed by atoms with Gasteiger partial charge in [0.25, 0.3) is 0 Å². The second-order valence-corrected chi connectivity index (χ2v) is 8.63. The van der Waals surface area contributed by atoms with Gasteiger partial charge < -0.3 is 14.8 Å². The summed E-state index contributed by atoms with van der Waals surface area (Å²) in [5.41, 5.74) is 2.42. The second-order valence-electron chi connectivity index (χ2n) is 6.77. The zero-order valence-electron chi connectivity index (χ0n) is 16.1. The fraction of sp³-hybridized carbons (Fsp3) is 0.350. The smallest absolute Gasteiger partial charge is 0.243 e. The number of ether oxygens (including phenoxy) is 2. The van der Waals surface area contributed by atoms with Crippen molar-refractivity contribution < 1.29 is 22.7 Å². The number of nitrogens with zero attached hydrogens (tertiary/aromatic N) is 1. The molecule has 0 saturated heterocycles. The lowest BCUT2D eigenvalue weighted by atomic mass is 10.1. The molecule has 2 aromatic carbocycles. The maximum atomic E-state index is 12.7. The SMILES string of the molecule is Cc1ccc(CNC(=O)[C@H](C)N(c2ccc3c(c2)OCCO3)S(C)(=O)=O)cc1. The van der Waals surface area contributed by atoms with E-state index in [1.807, 2.05) is 31.2 Å². The Kier molecular flexibility index (Phi) is 5.79. The minimum Gasteiger partial charge on any atom is -0.486 e. The standard InChI is InChI=1S/C20H24N2O5S/c1-14-4-6-16(7-5-14)13-21-20(23)15(2)22(28(3,24)25)17-8-9-18-19(12-17)27-11-10-26-18/h4-9,12,15H,10-11,13H2,1-3H3,(H,21,23)/t15-/m0/s1. The highest BCUT2D eigenvalue weighted by Gasteiger charge is 2.30. The number of rotatable bonds is 6. The summed E-state index contributed by atoms with van der Waals surface area (Å²) in [6.07, 6.45) is 1.08. The molecule has 1 amide bonds. The van der Waals surface area contributed by atoms with Gasteiger partial charge in [-0.15, -0.1) is 0 Å². The third kappa shape index (κ3) is 4.56. The van der Waals surface area contributed by atoms with Gasteiger partial charge in [-0.3, -0.25) is 9.10 Å². The van der Waals surface area contributed by atoms with Gasteiger partial charge in [0.05, 0.1) is 11.9 Å². The summed E-state index contributed by atoms with van der Waals surface area (Å²) in [7, 11) is -3.70. The topological polar surface area (TPSA) is 84.9 Å². The highest BCUT2D eigenvalue weighted by Crippen LogP contribution is 2.35. The van der Waals surface area contributed by atoms with Gasteiger partial charge >= 0.3 is 0 Å². The molecule has 1 atom stereocenters. The van der Waals surface area contributed by atoms with Crippen LogP contribution in [0.2, 0.25) is 0 Å². The first-order valence-electron chi connectivity index (χ1n) is 8.98. The van der Waals surface area contributed by atoms with Crippen molar-refractivity contribution in [2.45, 2.75) is 26.4 Å². The van der Waals surface area contributed by atoms with Crippen molar-refractivity contribution in [2.24, 2.45) is 0 Å². The fourth-order valence-electron chi connectivity index (χ4n) is 3.02. The van der Waals surface area contributed by atoms with Crippen LogP contribution in [0.1, 0.15) is 18.1 Å². The van der Waals surface area contributed by atoms with E-state index in [-0.39, 0.29) is 5.91 Å². The fourth-order valence-corrected chi connectivity index (χ4v) is 4.19. The summed E-state index contributed by atoms with van der Waals surface area (Å²) in [5, 5.41) is 2.80. The molecule has 0 unspecified atom stereocenters. The molecule has 28 heavy (non-hydrogen) atoms. The lowest BCUT2D eigenvalue weighted by Crippen LogP contribution is -2.47. The number of hydrogen-bond acceptors (Lipinski definition) is 5. The Labute approximate surface area is 165 Å². The van der Waals surface area contributed by atoms with Crippen molar-refractivity contribution in [1.82, 2.24) is 5.32 Å². The highest BCUT2D eigenvalue weighted by molar-refractivity contribution is 7.92. The molecule has 1 aliphatic heterocycles. The van der Waals surface area contributed by atoms with Gasteiger partial charge in [0.15, 0.2) is 11.5 Å². The zero-order chi connectivity index (χ0) is 20.3. The van der Waals surface area contributed by atoms with Crippen LogP contribution in [0.4, 0.5) is 5.69 Å². The molecule has 0 aromatic heterocycles. The van der Waals surface area contributed by atoms with Crippen LogP contribution in [0.5, 0.6) is 11.5 Å². The minimum atomic E-state index is -3.70. The molecule has 0 bridgehead atoms. The second kappa shape index (κ2) is 8.10. The number of carbonyl (C=O) groups is 1. The van der Waals surface area contributed by atoms with Crippen molar-refractivity contribution in [3.63, 3.8) is 0 Å². The summed E-state index contributed by atoms with van der Waals surface area (Å²) in [4.78, 5) is 12.7. The van der Waals surface area contributed by atoms with Crippen LogP contribution in [0.25, 0.3) is 0 Å². The maximum absolute atomic E-state index is 12.7. The first-order chi connectivity index (χ1) is 13.3. The average Bonchev–Trinajstić information content (AvgIpc) is 2.66. The Morgan fingerprint density at radius 3 is 2.39 bits per heavy atom. The number of hydrogen-bond donors (Lipinski definition) is 1. The third-order valence-electron chi connectivity index (χ3n) is 4.46. The summed E-state index contributed by atoms with van der Waals surface area (Å²) in [6, 6.07) is 11.7. The Hall–Kier alpha value is -2.74. The quantitative estimate of drug-likeness (QED) is 0.798. The third-order valence-corrected chi connectivity index (χ3v) is 5.70. The molecular weight excluding hydrogens is 380 g/mol. The van der Waals surface area contributed by atoms with Crippen LogP contribution >= 0.6 is 0 Å². The van der Waals surface area contributed by atoms with Crippen molar-refractivity contribution in [3.8, 4) is 11.5 Å². The van der Waals surface area contributed by atoms with E-state index in [1.54, 1.807) is 25.1 Å². The Morgan fingerprint density at radius 2 is 1.75 bits per heavy atom. The molecule has 0 spiro atoms. The van der Waals surface area contributed by atoms with Crippen LogP contribution < -0.4 is 19.1 Å². The van der Waals surface area contributed by atoms with Crippen molar-refractivity contribution >= 4 is 21.6 Å². The van der Waals surface area contributed by atoms with E-state index in [4.69, 9.17) is 9.47 Å². The molecule has 0 radical (unpaired) electrons. The summed E-state index contributed by atoms with van der Waals surface area (Å²) >= 11 is 0. The van der Waals surface area contributed by atoms with Gasteiger partial charge in [0.1, 0.15) is 19.3 Å². The average molecular weight is 404 g/mol. The van der Waals surface area contributed by atoms with E-state index >= 15 is 0 Å². The number of nitrogens with one attached hydrogen (secondary N) is 1. The Morgan fingerprint density at radius 1 is 1.11 bits per heavy atom. The number of amides is 1. The lowest BCUT2D eigenvalue weighted by Gasteiger charge is -2.29.